The van der Waals surface area contributed by atoms with Gasteiger partial charge < -0.3 is 10.6 Å². The summed E-state index contributed by atoms with van der Waals surface area (Å²) >= 11 is 0. The van der Waals surface area contributed by atoms with Crippen LogP contribution in [0.25, 0.3) is 0 Å². The second-order valence-corrected chi connectivity index (χ2v) is 7.52. The molecular formula is C17H30N2O. The number of carbonyl (C=O) groups is 1. The molecule has 2 saturated heterocycles. The number of amides is 1. The Labute approximate surface area is 123 Å². The van der Waals surface area contributed by atoms with Gasteiger partial charge >= 0.3 is 0 Å². The van der Waals surface area contributed by atoms with Crippen LogP contribution in [-0.2, 0) is 4.79 Å². The standard InChI is InChI=1S/C17H30N2O/c1-2-17(7-3-4-8-17)12-18-16(20)11-13-9-14-5-6-15(10-13)19-14/h13-15,19H,2-12H2,1H3,(H,18,20). The first kappa shape index (κ1) is 14.4. The van der Waals surface area contributed by atoms with E-state index in [9.17, 15) is 4.79 Å². The lowest BCUT2D eigenvalue weighted by Crippen LogP contribution is -2.41. The summed E-state index contributed by atoms with van der Waals surface area (Å²) in [5.74, 6) is 0.922. The van der Waals surface area contributed by atoms with Crippen LogP contribution in [-0.4, -0.2) is 24.5 Å². The minimum atomic E-state index is 0.302. The third-order valence-electron chi connectivity index (χ3n) is 6.12. The van der Waals surface area contributed by atoms with Gasteiger partial charge in [-0.1, -0.05) is 19.8 Å². The van der Waals surface area contributed by atoms with Gasteiger partial charge in [-0.3, -0.25) is 4.79 Å². The maximum Gasteiger partial charge on any atom is 0.220 e. The van der Waals surface area contributed by atoms with Crippen LogP contribution in [0.15, 0.2) is 0 Å². The zero-order chi connectivity index (χ0) is 14.0. The lowest BCUT2D eigenvalue weighted by Gasteiger charge is -2.30. The van der Waals surface area contributed by atoms with Crippen molar-refractivity contribution in [3.8, 4) is 0 Å². The van der Waals surface area contributed by atoms with Gasteiger partial charge in [0, 0.05) is 25.0 Å². The normalized spacial score (nSPS) is 35.1. The Morgan fingerprint density at radius 3 is 2.45 bits per heavy atom. The molecule has 2 N–H and O–H groups in total. The highest BCUT2D eigenvalue weighted by Gasteiger charge is 2.35. The summed E-state index contributed by atoms with van der Waals surface area (Å²) in [5, 5.41) is 6.91. The second-order valence-electron chi connectivity index (χ2n) is 7.52. The first-order valence-electron chi connectivity index (χ1n) is 8.72. The van der Waals surface area contributed by atoms with Crippen molar-refractivity contribution >= 4 is 5.91 Å². The Morgan fingerprint density at radius 2 is 1.85 bits per heavy atom. The molecule has 3 rings (SSSR count). The summed E-state index contributed by atoms with van der Waals surface area (Å²) in [7, 11) is 0. The van der Waals surface area contributed by atoms with E-state index >= 15 is 0 Å². The summed E-state index contributed by atoms with van der Waals surface area (Å²) in [6.45, 7) is 3.20. The molecule has 0 spiro atoms. The Hall–Kier alpha value is -0.570. The SMILES string of the molecule is CCC1(CNC(=O)CC2CC3CCC(C2)N3)CCCC1. The molecule has 1 saturated carbocycles. The van der Waals surface area contributed by atoms with Gasteiger partial charge in [0.15, 0.2) is 0 Å². The number of nitrogens with one attached hydrogen (secondary N) is 2. The summed E-state index contributed by atoms with van der Waals surface area (Å²) < 4.78 is 0. The van der Waals surface area contributed by atoms with Crippen LogP contribution in [0.4, 0.5) is 0 Å². The van der Waals surface area contributed by atoms with Gasteiger partial charge in [0.1, 0.15) is 0 Å². The zero-order valence-electron chi connectivity index (χ0n) is 12.9. The number of carbonyl (C=O) groups excluding carboxylic acids is 1. The Morgan fingerprint density at radius 1 is 1.20 bits per heavy atom. The fourth-order valence-electron chi connectivity index (χ4n) is 4.74. The molecule has 0 aromatic carbocycles. The first-order chi connectivity index (χ1) is 9.69. The predicted octanol–water partition coefficient (Wildman–Crippen LogP) is 2.99. The van der Waals surface area contributed by atoms with E-state index in [-0.39, 0.29) is 0 Å². The summed E-state index contributed by atoms with van der Waals surface area (Å²) in [4.78, 5) is 12.2. The molecule has 0 radical (unpaired) electrons. The Bertz CT molecular complexity index is 337. The van der Waals surface area contributed by atoms with E-state index in [2.05, 4.69) is 17.6 Å². The fourth-order valence-corrected chi connectivity index (χ4v) is 4.74. The quantitative estimate of drug-likeness (QED) is 0.811. The molecule has 2 unspecified atom stereocenters. The molecule has 2 aliphatic heterocycles. The van der Waals surface area contributed by atoms with E-state index in [4.69, 9.17) is 0 Å². The molecule has 3 nitrogen and oxygen atoms in total. The van der Waals surface area contributed by atoms with Crippen molar-refractivity contribution in [3.63, 3.8) is 0 Å². The maximum absolute atomic E-state index is 12.2. The van der Waals surface area contributed by atoms with Crippen molar-refractivity contribution in [1.29, 1.82) is 0 Å². The summed E-state index contributed by atoms with van der Waals surface area (Å²) in [5.41, 5.74) is 0.419. The third kappa shape index (κ3) is 3.19. The number of hydrogen-bond donors (Lipinski definition) is 2. The predicted molar refractivity (Wildman–Crippen MR) is 81.5 cm³/mol. The van der Waals surface area contributed by atoms with Crippen molar-refractivity contribution < 1.29 is 4.79 Å². The summed E-state index contributed by atoms with van der Waals surface area (Å²) in [6.07, 6.45) is 12.3. The molecular weight excluding hydrogens is 248 g/mol. The van der Waals surface area contributed by atoms with Crippen molar-refractivity contribution in [2.75, 3.05) is 6.54 Å². The van der Waals surface area contributed by atoms with Crippen LogP contribution < -0.4 is 10.6 Å². The van der Waals surface area contributed by atoms with Crippen molar-refractivity contribution in [2.45, 2.75) is 83.2 Å². The molecule has 20 heavy (non-hydrogen) atoms. The minimum absolute atomic E-state index is 0.302. The first-order valence-corrected chi connectivity index (χ1v) is 8.72. The maximum atomic E-state index is 12.2. The molecule has 0 aromatic heterocycles. The molecule has 2 atom stereocenters. The van der Waals surface area contributed by atoms with E-state index in [0.29, 0.717) is 29.3 Å². The minimum Gasteiger partial charge on any atom is -0.356 e. The van der Waals surface area contributed by atoms with Crippen molar-refractivity contribution in [1.82, 2.24) is 10.6 Å². The Kier molecular flexibility index (Phi) is 4.34. The number of hydrogen-bond acceptors (Lipinski definition) is 2. The third-order valence-corrected chi connectivity index (χ3v) is 6.12. The highest BCUT2D eigenvalue weighted by Crippen LogP contribution is 2.40. The molecule has 2 heterocycles. The lowest BCUT2D eigenvalue weighted by molar-refractivity contribution is -0.122. The number of rotatable bonds is 5. The average molecular weight is 278 g/mol. The topological polar surface area (TPSA) is 41.1 Å². The average Bonchev–Trinajstić information content (AvgIpc) is 3.04. The van der Waals surface area contributed by atoms with Gasteiger partial charge in [-0.15, -0.1) is 0 Å². The van der Waals surface area contributed by atoms with Gasteiger partial charge in [0.2, 0.25) is 5.91 Å². The molecule has 114 valence electrons. The fraction of sp³-hybridized carbons (Fsp3) is 0.941. The molecule has 0 aromatic rings. The van der Waals surface area contributed by atoms with Crippen molar-refractivity contribution in [3.05, 3.63) is 0 Å². The van der Waals surface area contributed by atoms with Crippen LogP contribution >= 0.6 is 0 Å². The van der Waals surface area contributed by atoms with E-state index in [0.717, 1.165) is 13.0 Å². The number of piperidine rings is 1. The van der Waals surface area contributed by atoms with Crippen LogP contribution in [0.2, 0.25) is 0 Å². The molecule has 3 fully saturated rings. The van der Waals surface area contributed by atoms with E-state index in [1.807, 2.05) is 0 Å². The van der Waals surface area contributed by atoms with E-state index in [1.165, 1.54) is 57.8 Å². The monoisotopic (exact) mass is 278 g/mol. The smallest absolute Gasteiger partial charge is 0.220 e. The van der Waals surface area contributed by atoms with Gasteiger partial charge in [0.25, 0.3) is 0 Å². The summed E-state index contributed by atoms with van der Waals surface area (Å²) in [6, 6.07) is 1.40. The zero-order valence-corrected chi connectivity index (χ0v) is 12.9. The van der Waals surface area contributed by atoms with Crippen LogP contribution in [0.1, 0.15) is 71.1 Å². The lowest BCUT2D eigenvalue weighted by atomic mass is 9.83. The molecule has 3 heteroatoms. The highest BCUT2D eigenvalue weighted by molar-refractivity contribution is 5.76. The van der Waals surface area contributed by atoms with Crippen LogP contribution in [0.5, 0.6) is 0 Å². The van der Waals surface area contributed by atoms with Crippen LogP contribution in [0, 0.1) is 11.3 Å². The second kappa shape index (κ2) is 6.05. The Balaban J connectivity index is 1.43. The molecule has 1 aliphatic carbocycles. The van der Waals surface area contributed by atoms with E-state index < -0.39 is 0 Å². The van der Waals surface area contributed by atoms with Gasteiger partial charge in [0.05, 0.1) is 0 Å². The molecule has 2 bridgehead atoms. The number of fused-ring (bicyclic) bond motifs is 2. The largest absolute Gasteiger partial charge is 0.356 e. The van der Waals surface area contributed by atoms with Crippen molar-refractivity contribution in [2.24, 2.45) is 11.3 Å². The van der Waals surface area contributed by atoms with Gasteiger partial charge in [-0.05, 0) is 56.3 Å². The molecule has 3 aliphatic rings. The van der Waals surface area contributed by atoms with Crippen LogP contribution in [0.3, 0.4) is 0 Å². The van der Waals surface area contributed by atoms with Gasteiger partial charge in [-0.2, -0.15) is 0 Å². The highest BCUT2D eigenvalue weighted by atomic mass is 16.1. The van der Waals surface area contributed by atoms with E-state index in [1.54, 1.807) is 0 Å². The molecule has 1 amide bonds. The van der Waals surface area contributed by atoms with Gasteiger partial charge in [-0.25, -0.2) is 0 Å².